The number of nitrogens with zero attached hydrogens (tertiary/aromatic N) is 3. The van der Waals surface area contributed by atoms with Crippen LogP contribution in [0.5, 0.6) is 0 Å². The van der Waals surface area contributed by atoms with E-state index in [4.69, 9.17) is 4.42 Å². The van der Waals surface area contributed by atoms with Crippen molar-refractivity contribution in [1.82, 2.24) is 10.2 Å². The van der Waals surface area contributed by atoms with Crippen LogP contribution in [0.4, 0.5) is 11.4 Å². The van der Waals surface area contributed by atoms with Crippen molar-refractivity contribution in [1.29, 1.82) is 0 Å². The average Bonchev–Trinajstić information content (AvgIpc) is 3.51. The number of aromatic nitrogens is 2. The number of benzene rings is 3. The van der Waals surface area contributed by atoms with Crippen LogP contribution in [-0.2, 0) is 17.6 Å². The Hall–Kier alpha value is -4.26. The normalized spacial score (nSPS) is 12.4. The number of fused-ring (bicyclic) bond motifs is 1. The number of anilines is 2. The summed E-state index contributed by atoms with van der Waals surface area (Å²) in [5.74, 6) is 0.653. The van der Waals surface area contributed by atoms with Gasteiger partial charge < -0.3 is 14.6 Å². The number of hydrogen-bond acceptors (Lipinski definition) is 5. The third-order valence-electron chi connectivity index (χ3n) is 5.88. The summed E-state index contributed by atoms with van der Waals surface area (Å²) in [4.78, 5) is 27.1. The second-order valence-electron chi connectivity index (χ2n) is 8.33. The van der Waals surface area contributed by atoms with Crippen LogP contribution in [0, 0.1) is 6.92 Å². The highest BCUT2D eigenvalue weighted by Crippen LogP contribution is 2.29. The van der Waals surface area contributed by atoms with E-state index in [1.54, 1.807) is 29.2 Å². The first-order valence-electron chi connectivity index (χ1n) is 11.3. The summed E-state index contributed by atoms with van der Waals surface area (Å²) in [5, 5.41) is 11.0. The zero-order valence-corrected chi connectivity index (χ0v) is 18.8. The molecule has 0 saturated carbocycles. The van der Waals surface area contributed by atoms with Gasteiger partial charge >= 0.3 is 0 Å². The van der Waals surface area contributed by atoms with Crippen molar-refractivity contribution in [2.75, 3.05) is 16.8 Å². The highest BCUT2D eigenvalue weighted by atomic mass is 16.4. The van der Waals surface area contributed by atoms with Gasteiger partial charge in [0.2, 0.25) is 17.7 Å². The van der Waals surface area contributed by atoms with Gasteiger partial charge in [0.25, 0.3) is 5.91 Å². The minimum Gasteiger partial charge on any atom is -0.421 e. The van der Waals surface area contributed by atoms with E-state index in [2.05, 4.69) is 21.6 Å². The number of nitrogens with one attached hydrogen (secondary N) is 1. The lowest BCUT2D eigenvalue weighted by Gasteiger charge is -2.17. The molecule has 7 heteroatoms. The molecular weight excluding hydrogens is 428 g/mol. The molecule has 34 heavy (non-hydrogen) atoms. The minimum atomic E-state index is -0.164. The maximum Gasteiger partial charge on any atom is 0.258 e. The lowest BCUT2D eigenvalue weighted by Crippen LogP contribution is -2.28. The van der Waals surface area contributed by atoms with Gasteiger partial charge in [0, 0.05) is 41.9 Å². The fraction of sp³-hybridized carbons (Fsp3) is 0.185. The Morgan fingerprint density at radius 1 is 0.971 bits per heavy atom. The predicted molar refractivity (Wildman–Crippen MR) is 130 cm³/mol. The maximum atomic E-state index is 12.9. The van der Waals surface area contributed by atoms with E-state index in [0.717, 1.165) is 23.2 Å². The molecule has 0 atom stereocenters. The molecule has 0 saturated heterocycles. The molecule has 2 amide bonds. The summed E-state index contributed by atoms with van der Waals surface area (Å²) >= 11 is 0. The Kier molecular flexibility index (Phi) is 5.91. The standard InChI is InChI=1S/C27H24N4O3/c1-18-6-8-20(9-7-18)26-30-29-25(34-26)15-14-24(32)28-22-12-10-21(11-13-22)27(33)31-17-16-19-4-2-3-5-23(19)31/h2-13H,14-17H2,1H3,(H,28,32). The van der Waals surface area contributed by atoms with Crippen LogP contribution in [0.2, 0.25) is 0 Å². The highest BCUT2D eigenvalue weighted by molar-refractivity contribution is 6.07. The molecule has 0 aliphatic carbocycles. The molecule has 0 fully saturated rings. The summed E-state index contributed by atoms with van der Waals surface area (Å²) in [7, 11) is 0. The fourth-order valence-electron chi connectivity index (χ4n) is 4.01. The van der Waals surface area contributed by atoms with Crippen LogP contribution in [-0.4, -0.2) is 28.6 Å². The predicted octanol–water partition coefficient (Wildman–Crippen LogP) is 4.82. The van der Waals surface area contributed by atoms with Crippen molar-refractivity contribution in [3.8, 4) is 11.5 Å². The van der Waals surface area contributed by atoms with Crippen LogP contribution in [0.25, 0.3) is 11.5 Å². The number of amides is 2. The van der Waals surface area contributed by atoms with Crippen LogP contribution < -0.4 is 10.2 Å². The molecule has 170 valence electrons. The molecule has 0 unspecified atom stereocenters. The zero-order valence-electron chi connectivity index (χ0n) is 18.8. The molecule has 1 aliphatic heterocycles. The SMILES string of the molecule is Cc1ccc(-c2nnc(CCC(=O)Nc3ccc(C(=O)N4CCc5ccccc54)cc3)o2)cc1. The Labute approximate surface area is 197 Å². The second-order valence-corrected chi connectivity index (χ2v) is 8.33. The van der Waals surface area contributed by atoms with Crippen molar-refractivity contribution in [3.05, 3.63) is 95.4 Å². The van der Waals surface area contributed by atoms with E-state index in [9.17, 15) is 9.59 Å². The molecule has 3 aromatic carbocycles. The summed E-state index contributed by atoms with van der Waals surface area (Å²) < 4.78 is 5.68. The third kappa shape index (κ3) is 4.59. The number of carbonyl (C=O) groups excluding carboxylic acids is 2. The van der Waals surface area contributed by atoms with E-state index >= 15 is 0 Å². The molecule has 5 rings (SSSR count). The van der Waals surface area contributed by atoms with E-state index in [-0.39, 0.29) is 18.2 Å². The van der Waals surface area contributed by atoms with E-state index in [1.807, 2.05) is 49.4 Å². The number of rotatable bonds is 6. The highest BCUT2D eigenvalue weighted by Gasteiger charge is 2.25. The van der Waals surface area contributed by atoms with Gasteiger partial charge in [-0.05, 0) is 61.4 Å². The Balaban J connectivity index is 1.15. The largest absolute Gasteiger partial charge is 0.421 e. The minimum absolute atomic E-state index is 0.0383. The Morgan fingerprint density at radius 2 is 1.74 bits per heavy atom. The van der Waals surface area contributed by atoms with Crippen molar-refractivity contribution in [3.63, 3.8) is 0 Å². The molecule has 2 heterocycles. The van der Waals surface area contributed by atoms with Gasteiger partial charge in [-0.1, -0.05) is 35.9 Å². The molecule has 4 aromatic rings. The lowest BCUT2D eigenvalue weighted by atomic mass is 10.1. The molecule has 0 radical (unpaired) electrons. The Bertz CT molecular complexity index is 1330. The zero-order chi connectivity index (χ0) is 23.5. The van der Waals surface area contributed by atoms with Gasteiger partial charge in [-0.25, -0.2) is 0 Å². The molecular formula is C27H24N4O3. The summed E-state index contributed by atoms with van der Waals surface area (Å²) in [6.07, 6.45) is 1.42. The quantitative estimate of drug-likeness (QED) is 0.453. The monoisotopic (exact) mass is 452 g/mol. The Morgan fingerprint density at radius 3 is 2.53 bits per heavy atom. The summed E-state index contributed by atoms with van der Waals surface area (Å²) in [6.45, 7) is 2.69. The number of para-hydroxylation sites is 1. The average molecular weight is 453 g/mol. The maximum absolute atomic E-state index is 12.9. The topological polar surface area (TPSA) is 88.3 Å². The van der Waals surface area contributed by atoms with E-state index in [1.165, 1.54) is 5.56 Å². The molecule has 1 aliphatic rings. The summed E-state index contributed by atoms with van der Waals surface area (Å²) in [6, 6.07) is 22.8. The van der Waals surface area contributed by atoms with Gasteiger partial charge in [-0.3, -0.25) is 9.59 Å². The molecule has 1 aromatic heterocycles. The van der Waals surface area contributed by atoms with E-state index in [0.29, 0.717) is 36.0 Å². The molecule has 7 nitrogen and oxygen atoms in total. The van der Waals surface area contributed by atoms with Crippen LogP contribution in [0.3, 0.4) is 0 Å². The van der Waals surface area contributed by atoms with Crippen molar-refractivity contribution in [2.45, 2.75) is 26.2 Å². The first-order valence-corrected chi connectivity index (χ1v) is 11.3. The van der Waals surface area contributed by atoms with Gasteiger partial charge in [0.05, 0.1) is 0 Å². The van der Waals surface area contributed by atoms with Crippen LogP contribution in [0.15, 0.2) is 77.2 Å². The van der Waals surface area contributed by atoms with Gasteiger partial charge in [0.1, 0.15) is 0 Å². The van der Waals surface area contributed by atoms with Gasteiger partial charge in [-0.2, -0.15) is 0 Å². The van der Waals surface area contributed by atoms with Crippen LogP contribution >= 0.6 is 0 Å². The molecule has 0 spiro atoms. The summed E-state index contributed by atoms with van der Waals surface area (Å²) in [5.41, 5.74) is 5.38. The second kappa shape index (κ2) is 9.31. The molecule has 0 bridgehead atoms. The van der Waals surface area contributed by atoms with Gasteiger partial charge in [0.15, 0.2) is 0 Å². The van der Waals surface area contributed by atoms with Crippen molar-refractivity contribution >= 4 is 23.2 Å². The van der Waals surface area contributed by atoms with E-state index < -0.39 is 0 Å². The van der Waals surface area contributed by atoms with Gasteiger partial charge in [-0.15, -0.1) is 10.2 Å². The number of aryl methyl sites for hydroxylation is 2. The fourth-order valence-corrected chi connectivity index (χ4v) is 4.01. The smallest absolute Gasteiger partial charge is 0.258 e. The lowest BCUT2D eigenvalue weighted by molar-refractivity contribution is -0.116. The first kappa shape index (κ1) is 21.6. The van der Waals surface area contributed by atoms with Crippen molar-refractivity contribution in [2.24, 2.45) is 0 Å². The number of carbonyl (C=O) groups is 2. The molecule has 1 N–H and O–H groups in total. The third-order valence-corrected chi connectivity index (χ3v) is 5.88. The first-order chi connectivity index (χ1) is 16.6. The van der Waals surface area contributed by atoms with Crippen LogP contribution in [0.1, 0.15) is 33.8 Å². The number of hydrogen-bond donors (Lipinski definition) is 1. The van der Waals surface area contributed by atoms with Crippen molar-refractivity contribution < 1.29 is 14.0 Å².